The average molecular weight is 587 g/mol. The van der Waals surface area contributed by atoms with Crippen LogP contribution >= 0.6 is 0 Å². The monoisotopic (exact) mass is 586 g/mol. The van der Waals surface area contributed by atoms with Crippen LogP contribution in [-0.2, 0) is 0 Å². The van der Waals surface area contributed by atoms with E-state index in [1.54, 1.807) is 42.5 Å². The topological polar surface area (TPSA) is 116 Å². The molecule has 4 aromatic rings. The number of non-ortho nitro benzene ring substituents is 1. The highest BCUT2D eigenvalue weighted by atomic mass is 16.6. The van der Waals surface area contributed by atoms with E-state index in [-0.39, 0.29) is 22.8 Å². The zero-order valence-corrected chi connectivity index (χ0v) is 23.8. The predicted octanol–water partition coefficient (Wildman–Crippen LogP) is 5.93. The van der Waals surface area contributed by atoms with Crippen molar-refractivity contribution in [2.75, 3.05) is 19.1 Å². The Kier molecular flexibility index (Phi) is 6.21. The number of nitro groups is 1. The maximum Gasteiger partial charge on any atom is 0.270 e. The normalized spacial score (nSPS) is 20.7. The van der Waals surface area contributed by atoms with E-state index >= 15 is 0 Å². The van der Waals surface area contributed by atoms with Gasteiger partial charge in [-0.05, 0) is 29.8 Å². The van der Waals surface area contributed by atoms with Crippen LogP contribution in [0.3, 0.4) is 0 Å². The summed E-state index contributed by atoms with van der Waals surface area (Å²) in [6.45, 7) is 0. The van der Waals surface area contributed by atoms with Gasteiger partial charge in [0.1, 0.15) is 23.0 Å². The van der Waals surface area contributed by atoms with Gasteiger partial charge in [-0.2, -0.15) is 0 Å². The zero-order chi connectivity index (χ0) is 30.7. The van der Waals surface area contributed by atoms with Gasteiger partial charge in [0, 0.05) is 46.0 Å². The van der Waals surface area contributed by atoms with Gasteiger partial charge in [0.15, 0.2) is 17.3 Å². The fourth-order valence-electron chi connectivity index (χ4n) is 7.29. The maximum absolute atomic E-state index is 14.9. The van der Waals surface area contributed by atoms with E-state index < -0.39 is 34.1 Å². The number of ketones is 3. The summed E-state index contributed by atoms with van der Waals surface area (Å²) in [5, 5.41) is 11.7. The van der Waals surface area contributed by atoms with Gasteiger partial charge < -0.3 is 14.4 Å². The second kappa shape index (κ2) is 10.0. The number of rotatable bonds is 6. The van der Waals surface area contributed by atoms with Crippen molar-refractivity contribution in [1.29, 1.82) is 0 Å². The van der Waals surface area contributed by atoms with Crippen LogP contribution in [0.4, 0.5) is 11.4 Å². The van der Waals surface area contributed by atoms with Gasteiger partial charge in [-0.1, -0.05) is 66.7 Å². The number of hydrogen-bond acceptors (Lipinski definition) is 8. The number of nitro benzene ring substituents is 1. The molecule has 0 N–H and O–H groups in total. The first-order valence-corrected chi connectivity index (χ1v) is 14.1. The van der Waals surface area contributed by atoms with Crippen molar-refractivity contribution in [3.63, 3.8) is 0 Å². The highest BCUT2D eigenvalue weighted by Crippen LogP contribution is 2.62. The molecule has 1 unspecified atom stereocenters. The molecule has 0 bridgehead atoms. The molecule has 1 fully saturated rings. The molecule has 44 heavy (non-hydrogen) atoms. The van der Waals surface area contributed by atoms with Gasteiger partial charge in [-0.3, -0.25) is 24.5 Å². The molecular formula is C35H26N2O7. The number of ether oxygens (including phenoxy) is 2. The lowest BCUT2D eigenvalue weighted by atomic mass is 9.64. The number of benzene rings is 4. The second-order valence-electron chi connectivity index (χ2n) is 11.0. The largest absolute Gasteiger partial charge is 0.497 e. The Hall–Kier alpha value is -5.57. The van der Waals surface area contributed by atoms with E-state index in [1.165, 1.54) is 38.5 Å². The molecule has 2 aliphatic heterocycles. The lowest BCUT2D eigenvalue weighted by Gasteiger charge is -2.37. The summed E-state index contributed by atoms with van der Waals surface area (Å²) >= 11 is 0. The molecule has 4 aromatic carbocycles. The molecule has 1 spiro atoms. The van der Waals surface area contributed by atoms with E-state index in [4.69, 9.17) is 9.47 Å². The van der Waals surface area contributed by atoms with Gasteiger partial charge in [0.2, 0.25) is 0 Å². The Labute approximate surface area is 252 Å². The highest BCUT2D eigenvalue weighted by Gasteiger charge is 2.72. The Morgan fingerprint density at radius 3 is 2.25 bits per heavy atom. The predicted molar refractivity (Wildman–Crippen MR) is 163 cm³/mol. The second-order valence-corrected chi connectivity index (χ2v) is 11.0. The average Bonchev–Trinajstić information content (AvgIpc) is 3.50. The summed E-state index contributed by atoms with van der Waals surface area (Å²) in [5.41, 5.74) is 0.609. The Morgan fingerprint density at radius 1 is 0.864 bits per heavy atom. The maximum atomic E-state index is 14.9. The molecule has 218 valence electrons. The SMILES string of the molecule is COc1ccc(OC)c([C@@H]2[C@@H](C(=O)c3cccc([N+](=O)[O-])c3)N3c4ccccc4C=CC3C23C(=O)c2ccccc2C3=O)c1. The number of hydrogen-bond donors (Lipinski definition) is 0. The minimum absolute atomic E-state index is 0.0920. The number of methoxy groups -OCH3 is 2. The van der Waals surface area contributed by atoms with E-state index in [2.05, 4.69) is 0 Å². The molecule has 1 aliphatic carbocycles. The van der Waals surface area contributed by atoms with Crippen molar-refractivity contribution < 1.29 is 28.8 Å². The van der Waals surface area contributed by atoms with E-state index in [1.807, 2.05) is 41.3 Å². The van der Waals surface area contributed by atoms with Crippen molar-refractivity contribution in [2.45, 2.75) is 18.0 Å². The first-order valence-electron chi connectivity index (χ1n) is 14.1. The first-order chi connectivity index (χ1) is 21.3. The van der Waals surface area contributed by atoms with E-state index in [0.717, 1.165) is 5.56 Å². The molecule has 2 heterocycles. The van der Waals surface area contributed by atoms with Gasteiger partial charge in [-0.25, -0.2) is 0 Å². The quantitative estimate of drug-likeness (QED) is 0.118. The van der Waals surface area contributed by atoms with Crippen molar-refractivity contribution in [2.24, 2.45) is 5.41 Å². The standard InChI is InChI=1S/C35H26N2O7/c1-43-23-15-16-28(44-2)26(19-23)30-31(32(38)21-9-7-10-22(18-21)37(41)42)36-27-13-6-3-8-20(27)14-17-29(36)35(30)33(39)24-11-4-5-12-25(24)34(35)40/h3-19,29-31H,1-2H3/t29?,30-,31+/m1/s1. The van der Waals surface area contributed by atoms with E-state index in [0.29, 0.717) is 33.9 Å². The molecule has 0 radical (unpaired) electrons. The number of carbonyl (C=O) groups excluding carboxylic acids is 3. The number of Topliss-reactive ketones (excluding diaryl/α,β-unsaturated/α-hetero) is 3. The van der Waals surface area contributed by atoms with Crippen LogP contribution in [0, 0.1) is 15.5 Å². The Bertz CT molecular complexity index is 1890. The number of para-hydroxylation sites is 1. The number of anilines is 1. The smallest absolute Gasteiger partial charge is 0.270 e. The molecule has 3 atom stereocenters. The fourth-order valence-corrected chi connectivity index (χ4v) is 7.29. The number of carbonyl (C=O) groups is 3. The first kappa shape index (κ1) is 27.3. The van der Waals surface area contributed by atoms with Crippen LogP contribution in [0.5, 0.6) is 11.5 Å². The van der Waals surface area contributed by atoms with Gasteiger partial charge in [0.25, 0.3) is 5.69 Å². The third-order valence-corrected chi connectivity index (χ3v) is 9.10. The van der Waals surface area contributed by atoms with Crippen LogP contribution in [0.1, 0.15) is 48.1 Å². The molecule has 9 nitrogen and oxygen atoms in total. The van der Waals surface area contributed by atoms with Crippen molar-refractivity contribution in [1.82, 2.24) is 0 Å². The molecule has 3 aliphatic rings. The minimum Gasteiger partial charge on any atom is -0.497 e. The minimum atomic E-state index is -1.76. The summed E-state index contributed by atoms with van der Waals surface area (Å²) in [7, 11) is 2.99. The van der Waals surface area contributed by atoms with Crippen LogP contribution in [0.2, 0.25) is 0 Å². The number of nitrogens with zero attached hydrogens (tertiary/aromatic N) is 2. The van der Waals surface area contributed by atoms with Crippen LogP contribution in [-0.4, -0.2) is 48.6 Å². The lowest BCUT2D eigenvalue weighted by Crippen LogP contribution is -2.48. The fraction of sp³-hybridized carbons (Fsp3) is 0.171. The van der Waals surface area contributed by atoms with Gasteiger partial charge >= 0.3 is 0 Å². The molecule has 0 saturated carbocycles. The van der Waals surface area contributed by atoms with Gasteiger partial charge in [0.05, 0.1) is 25.2 Å². The van der Waals surface area contributed by atoms with E-state index in [9.17, 15) is 24.5 Å². The summed E-state index contributed by atoms with van der Waals surface area (Å²) < 4.78 is 11.4. The van der Waals surface area contributed by atoms with Crippen LogP contribution in [0.15, 0.2) is 97.1 Å². The molecule has 0 amide bonds. The molecular weight excluding hydrogens is 560 g/mol. The summed E-state index contributed by atoms with van der Waals surface area (Å²) in [4.78, 5) is 57.5. The molecule has 9 heteroatoms. The summed E-state index contributed by atoms with van der Waals surface area (Å²) in [5.74, 6) is -1.48. The van der Waals surface area contributed by atoms with Gasteiger partial charge in [-0.15, -0.1) is 0 Å². The molecule has 7 rings (SSSR count). The van der Waals surface area contributed by atoms with Crippen LogP contribution < -0.4 is 14.4 Å². The molecule has 0 aromatic heterocycles. The summed E-state index contributed by atoms with van der Waals surface area (Å²) in [6.07, 6.45) is 3.70. The van der Waals surface area contributed by atoms with Crippen molar-refractivity contribution >= 4 is 34.8 Å². The number of fused-ring (bicyclic) bond motifs is 5. The lowest BCUT2D eigenvalue weighted by molar-refractivity contribution is -0.384. The summed E-state index contributed by atoms with van der Waals surface area (Å²) in [6, 6.07) is 22.8. The third-order valence-electron chi connectivity index (χ3n) is 9.10. The molecule has 1 saturated heterocycles. The van der Waals surface area contributed by atoms with Crippen molar-refractivity contribution in [3.05, 3.63) is 135 Å². The Balaban J connectivity index is 1.58. The Morgan fingerprint density at radius 2 is 1.57 bits per heavy atom. The van der Waals surface area contributed by atoms with Crippen molar-refractivity contribution in [3.8, 4) is 11.5 Å². The van der Waals surface area contributed by atoms with Crippen LogP contribution in [0.25, 0.3) is 6.08 Å². The third kappa shape index (κ3) is 3.62. The zero-order valence-electron chi connectivity index (χ0n) is 23.8. The highest BCUT2D eigenvalue weighted by molar-refractivity contribution is 6.32.